The molecular weight excluding hydrogens is 242 g/mol. The maximum Gasteiger partial charge on any atom is 0.166 e. The Morgan fingerprint density at radius 3 is 2.28 bits per heavy atom. The van der Waals surface area contributed by atoms with E-state index in [-0.39, 0.29) is 0 Å². The molecule has 0 amide bonds. The van der Waals surface area contributed by atoms with Gasteiger partial charge in [-0.15, -0.1) is 0 Å². The van der Waals surface area contributed by atoms with E-state index < -0.39 is 0 Å². The summed E-state index contributed by atoms with van der Waals surface area (Å²) in [6.45, 7) is 4.80. The average Bonchev–Trinajstić information content (AvgIpc) is 2.35. The van der Waals surface area contributed by atoms with Crippen LogP contribution in [-0.4, -0.2) is 30.7 Å². The molecule has 18 heavy (non-hydrogen) atoms. The molecule has 0 fully saturated rings. The lowest BCUT2D eigenvalue weighted by Gasteiger charge is -2.11. The van der Waals surface area contributed by atoms with Gasteiger partial charge in [0.15, 0.2) is 5.11 Å². The normalized spacial score (nSPS) is 10.4. The molecule has 0 aliphatic rings. The summed E-state index contributed by atoms with van der Waals surface area (Å²) >= 11 is 5.17. The molecule has 0 heterocycles. The van der Waals surface area contributed by atoms with E-state index in [9.17, 15) is 0 Å². The topological polar surface area (TPSA) is 27.3 Å². The van der Waals surface area contributed by atoms with Crippen molar-refractivity contribution in [1.82, 2.24) is 15.5 Å². The van der Waals surface area contributed by atoms with E-state index in [1.54, 1.807) is 0 Å². The van der Waals surface area contributed by atoms with Gasteiger partial charge in [0.25, 0.3) is 0 Å². The minimum Gasteiger partial charge on any atom is -0.363 e. The van der Waals surface area contributed by atoms with Crippen molar-refractivity contribution >= 4 is 17.3 Å². The second-order valence-electron chi connectivity index (χ2n) is 4.66. The van der Waals surface area contributed by atoms with Gasteiger partial charge >= 0.3 is 0 Å². The van der Waals surface area contributed by atoms with E-state index in [0.717, 1.165) is 31.2 Å². The van der Waals surface area contributed by atoms with Crippen molar-refractivity contribution in [3.8, 4) is 0 Å². The number of rotatable bonds is 6. The minimum atomic E-state index is 0.731. The molecule has 2 N–H and O–H groups in total. The first-order valence-electron chi connectivity index (χ1n) is 6.36. The molecule has 0 bridgehead atoms. The molecule has 0 aliphatic carbocycles. The van der Waals surface area contributed by atoms with E-state index in [1.165, 1.54) is 11.1 Å². The molecule has 1 aromatic carbocycles. The third-order valence-corrected chi connectivity index (χ3v) is 2.80. The van der Waals surface area contributed by atoms with Crippen LogP contribution < -0.4 is 10.6 Å². The quantitative estimate of drug-likeness (QED) is 0.771. The van der Waals surface area contributed by atoms with Crippen LogP contribution in [0.4, 0.5) is 0 Å². The van der Waals surface area contributed by atoms with Gasteiger partial charge in [-0.05, 0) is 43.9 Å². The first-order valence-corrected chi connectivity index (χ1v) is 6.77. The summed E-state index contributed by atoms with van der Waals surface area (Å²) in [6, 6.07) is 8.63. The van der Waals surface area contributed by atoms with E-state index in [0.29, 0.717) is 0 Å². The zero-order valence-corrected chi connectivity index (χ0v) is 12.3. The van der Waals surface area contributed by atoms with Gasteiger partial charge in [-0.25, -0.2) is 0 Å². The number of thiocarbonyl (C=S) groups is 1. The molecular formula is C14H23N3S. The van der Waals surface area contributed by atoms with Crippen molar-refractivity contribution in [3.63, 3.8) is 0 Å². The van der Waals surface area contributed by atoms with Crippen LogP contribution in [0.5, 0.6) is 0 Å². The molecule has 0 saturated carbocycles. The smallest absolute Gasteiger partial charge is 0.166 e. The molecule has 0 aromatic heterocycles. The highest BCUT2D eigenvalue weighted by molar-refractivity contribution is 7.80. The standard InChI is InChI=1S/C14H23N3S/c1-4-9-15-14(18)16-10-12-5-7-13(8-6-12)11-17(2)3/h5-8H,4,9-11H2,1-3H3,(H2,15,16,18). The van der Waals surface area contributed by atoms with Crippen molar-refractivity contribution in [2.75, 3.05) is 20.6 Å². The summed E-state index contributed by atoms with van der Waals surface area (Å²) in [5, 5.41) is 7.09. The zero-order chi connectivity index (χ0) is 13.4. The van der Waals surface area contributed by atoms with Crippen molar-refractivity contribution in [2.45, 2.75) is 26.4 Å². The summed E-state index contributed by atoms with van der Waals surface area (Å²) < 4.78 is 0. The lowest BCUT2D eigenvalue weighted by atomic mass is 10.1. The van der Waals surface area contributed by atoms with Gasteiger partial charge < -0.3 is 15.5 Å². The largest absolute Gasteiger partial charge is 0.363 e. The van der Waals surface area contributed by atoms with Gasteiger partial charge in [0.05, 0.1) is 0 Å². The molecule has 0 unspecified atom stereocenters. The second kappa shape index (κ2) is 8.06. The predicted molar refractivity (Wildman–Crippen MR) is 81.6 cm³/mol. The van der Waals surface area contributed by atoms with Crippen molar-refractivity contribution < 1.29 is 0 Å². The van der Waals surface area contributed by atoms with Crippen LogP contribution in [0.1, 0.15) is 24.5 Å². The number of benzene rings is 1. The van der Waals surface area contributed by atoms with Crippen LogP contribution in [0.25, 0.3) is 0 Å². The molecule has 3 nitrogen and oxygen atoms in total. The molecule has 1 aromatic rings. The molecule has 1 rings (SSSR count). The van der Waals surface area contributed by atoms with Crippen LogP contribution in [0.3, 0.4) is 0 Å². The van der Waals surface area contributed by atoms with Crippen LogP contribution in [0.2, 0.25) is 0 Å². The van der Waals surface area contributed by atoms with Crippen molar-refractivity contribution in [3.05, 3.63) is 35.4 Å². The van der Waals surface area contributed by atoms with Crippen LogP contribution >= 0.6 is 12.2 Å². The van der Waals surface area contributed by atoms with Gasteiger partial charge in [0.1, 0.15) is 0 Å². The van der Waals surface area contributed by atoms with E-state index in [1.807, 2.05) is 0 Å². The van der Waals surface area contributed by atoms with Crippen LogP contribution in [-0.2, 0) is 13.1 Å². The Bertz CT molecular complexity index is 360. The fourth-order valence-electron chi connectivity index (χ4n) is 1.61. The van der Waals surface area contributed by atoms with E-state index >= 15 is 0 Å². The number of hydrogen-bond acceptors (Lipinski definition) is 2. The maximum absolute atomic E-state index is 5.17. The Hall–Kier alpha value is -1.13. The van der Waals surface area contributed by atoms with E-state index in [4.69, 9.17) is 12.2 Å². The number of nitrogens with zero attached hydrogens (tertiary/aromatic N) is 1. The number of nitrogens with one attached hydrogen (secondary N) is 2. The molecule has 0 saturated heterocycles. The Balaban J connectivity index is 2.37. The fraction of sp³-hybridized carbons (Fsp3) is 0.500. The molecule has 0 aliphatic heterocycles. The Labute approximate surface area is 116 Å². The summed E-state index contributed by atoms with van der Waals surface area (Å²) in [6.07, 6.45) is 1.08. The molecule has 4 heteroatoms. The zero-order valence-electron chi connectivity index (χ0n) is 11.5. The Morgan fingerprint density at radius 2 is 1.72 bits per heavy atom. The van der Waals surface area contributed by atoms with Crippen LogP contribution in [0.15, 0.2) is 24.3 Å². The average molecular weight is 265 g/mol. The molecule has 0 spiro atoms. The second-order valence-corrected chi connectivity index (χ2v) is 5.07. The van der Waals surface area contributed by atoms with Gasteiger partial charge in [-0.1, -0.05) is 31.2 Å². The monoisotopic (exact) mass is 265 g/mol. The highest BCUT2D eigenvalue weighted by Gasteiger charge is 1.98. The SMILES string of the molecule is CCCNC(=S)NCc1ccc(CN(C)C)cc1. The molecule has 0 radical (unpaired) electrons. The summed E-state index contributed by atoms with van der Waals surface area (Å²) in [7, 11) is 4.15. The van der Waals surface area contributed by atoms with Gasteiger partial charge in [-0.3, -0.25) is 0 Å². The lowest BCUT2D eigenvalue weighted by Crippen LogP contribution is -2.35. The number of hydrogen-bond donors (Lipinski definition) is 2. The minimum absolute atomic E-state index is 0.731. The maximum atomic E-state index is 5.17. The summed E-state index contributed by atoms with van der Waals surface area (Å²) in [5.74, 6) is 0. The van der Waals surface area contributed by atoms with Crippen molar-refractivity contribution in [2.24, 2.45) is 0 Å². The molecule has 100 valence electrons. The fourth-order valence-corrected chi connectivity index (χ4v) is 1.79. The Kier molecular flexibility index (Phi) is 6.68. The Morgan fingerprint density at radius 1 is 1.11 bits per heavy atom. The first-order chi connectivity index (χ1) is 8.61. The predicted octanol–water partition coefficient (Wildman–Crippen LogP) is 2.12. The highest BCUT2D eigenvalue weighted by atomic mass is 32.1. The third-order valence-electron chi connectivity index (χ3n) is 2.51. The molecule has 0 atom stereocenters. The lowest BCUT2D eigenvalue weighted by molar-refractivity contribution is 0.402. The first kappa shape index (κ1) is 14.9. The van der Waals surface area contributed by atoms with Crippen LogP contribution in [0, 0.1) is 0 Å². The van der Waals surface area contributed by atoms with E-state index in [2.05, 4.69) is 60.8 Å². The van der Waals surface area contributed by atoms with Crippen molar-refractivity contribution in [1.29, 1.82) is 0 Å². The highest BCUT2D eigenvalue weighted by Crippen LogP contribution is 2.05. The third kappa shape index (κ3) is 5.98. The van der Waals surface area contributed by atoms with Gasteiger partial charge in [-0.2, -0.15) is 0 Å². The van der Waals surface area contributed by atoms with Gasteiger partial charge in [0.2, 0.25) is 0 Å². The van der Waals surface area contributed by atoms with Gasteiger partial charge in [0, 0.05) is 19.6 Å². The summed E-state index contributed by atoms with van der Waals surface area (Å²) in [5.41, 5.74) is 2.58. The summed E-state index contributed by atoms with van der Waals surface area (Å²) in [4.78, 5) is 2.16.